The molecule has 0 bridgehead atoms. The van der Waals surface area contributed by atoms with Gasteiger partial charge in [0.1, 0.15) is 5.75 Å². The number of para-hydroxylation sites is 1. The van der Waals surface area contributed by atoms with Crippen LogP contribution in [0, 0.1) is 5.41 Å². The summed E-state index contributed by atoms with van der Waals surface area (Å²) in [5.74, 6) is 0.148. The second-order valence-electron chi connectivity index (χ2n) is 2.97. The number of aromatic hydroxyl groups is 1. The molecule has 1 aromatic carbocycles. The monoisotopic (exact) mass is 178 g/mol. The number of benzene rings is 1. The summed E-state index contributed by atoms with van der Waals surface area (Å²) >= 11 is 0. The van der Waals surface area contributed by atoms with Gasteiger partial charge in [-0.1, -0.05) is 25.1 Å². The molecule has 1 unspecified atom stereocenters. The highest BCUT2D eigenvalue weighted by Crippen LogP contribution is 2.27. The van der Waals surface area contributed by atoms with Crippen molar-refractivity contribution >= 4 is 5.84 Å². The quantitative estimate of drug-likeness (QED) is 0.488. The van der Waals surface area contributed by atoms with E-state index in [1.165, 1.54) is 0 Å². The fourth-order valence-corrected chi connectivity index (χ4v) is 1.39. The molecule has 0 aliphatic heterocycles. The number of phenolic OH excluding ortho intramolecular Hbond substituents is 1. The zero-order valence-electron chi connectivity index (χ0n) is 7.62. The molecule has 0 aliphatic rings. The second kappa shape index (κ2) is 3.94. The van der Waals surface area contributed by atoms with E-state index < -0.39 is 0 Å². The molecular weight excluding hydrogens is 164 g/mol. The Labute approximate surface area is 77.7 Å². The summed E-state index contributed by atoms with van der Waals surface area (Å²) in [6.07, 6.45) is 0.729. The fraction of sp³-hybridized carbons (Fsp3) is 0.300. The van der Waals surface area contributed by atoms with E-state index in [1.54, 1.807) is 18.2 Å². The lowest BCUT2D eigenvalue weighted by Crippen LogP contribution is -2.19. The first-order valence-corrected chi connectivity index (χ1v) is 4.28. The lowest BCUT2D eigenvalue weighted by molar-refractivity contribution is 0.465. The maximum Gasteiger partial charge on any atom is 0.119 e. The number of hydrogen-bond donors (Lipinski definition) is 3. The molecular formula is C10H14N2O. The summed E-state index contributed by atoms with van der Waals surface area (Å²) < 4.78 is 0. The molecule has 0 heterocycles. The van der Waals surface area contributed by atoms with Crippen LogP contribution in [0.15, 0.2) is 24.3 Å². The Morgan fingerprint density at radius 1 is 1.54 bits per heavy atom. The fourth-order valence-electron chi connectivity index (χ4n) is 1.39. The first-order valence-electron chi connectivity index (χ1n) is 4.28. The zero-order valence-corrected chi connectivity index (χ0v) is 7.62. The van der Waals surface area contributed by atoms with Gasteiger partial charge < -0.3 is 10.8 Å². The van der Waals surface area contributed by atoms with E-state index in [0.717, 1.165) is 12.0 Å². The maximum atomic E-state index is 9.51. The number of nitrogens with one attached hydrogen (secondary N) is 1. The molecule has 1 rings (SSSR count). The molecule has 0 amide bonds. The molecule has 70 valence electrons. The minimum atomic E-state index is -0.166. The van der Waals surface area contributed by atoms with Gasteiger partial charge in [0.05, 0.1) is 5.84 Å². The van der Waals surface area contributed by atoms with Gasteiger partial charge in [0, 0.05) is 11.5 Å². The molecule has 0 saturated heterocycles. The second-order valence-corrected chi connectivity index (χ2v) is 2.97. The van der Waals surface area contributed by atoms with Crippen molar-refractivity contribution in [3.8, 4) is 5.75 Å². The topological polar surface area (TPSA) is 70.1 Å². The van der Waals surface area contributed by atoms with Gasteiger partial charge in [-0.3, -0.25) is 5.41 Å². The van der Waals surface area contributed by atoms with Gasteiger partial charge in [-0.25, -0.2) is 0 Å². The van der Waals surface area contributed by atoms with Crippen LogP contribution >= 0.6 is 0 Å². The Balaban J connectivity index is 3.04. The van der Waals surface area contributed by atoms with Crippen molar-refractivity contribution in [3.05, 3.63) is 29.8 Å². The summed E-state index contributed by atoms with van der Waals surface area (Å²) in [7, 11) is 0. The predicted octanol–water partition coefficient (Wildman–Crippen LogP) is 1.82. The van der Waals surface area contributed by atoms with E-state index in [9.17, 15) is 5.11 Å². The lowest BCUT2D eigenvalue weighted by atomic mass is 9.95. The largest absolute Gasteiger partial charge is 0.508 e. The molecule has 3 heteroatoms. The average Bonchev–Trinajstić information content (AvgIpc) is 2.09. The third-order valence-electron chi connectivity index (χ3n) is 2.10. The van der Waals surface area contributed by atoms with Crippen LogP contribution < -0.4 is 5.73 Å². The highest BCUT2D eigenvalue weighted by Gasteiger charge is 2.15. The first kappa shape index (κ1) is 9.58. The zero-order chi connectivity index (χ0) is 9.84. The average molecular weight is 178 g/mol. The summed E-state index contributed by atoms with van der Waals surface area (Å²) in [6, 6.07) is 7.00. The van der Waals surface area contributed by atoms with Crippen LogP contribution in [0.5, 0.6) is 5.75 Å². The molecule has 1 atom stereocenters. The molecule has 0 saturated carbocycles. The number of nitrogens with two attached hydrogens (primary N) is 1. The standard InChI is InChI=1S/C10H14N2O/c1-2-7(10(11)12)8-5-3-4-6-9(8)13/h3-7,13H,2H2,1H3,(H3,11,12). The Morgan fingerprint density at radius 2 is 2.15 bits per heavy atom. The van der Waals surface area contributed by atoms with Crippen molar-refractivity contribution in [1.82, 2.24) is 0 Å². The Morgan fingerprint density at radius 3 is 2.62 bits per heavy atom. The molecule has 0 aliphatic carbocycles. The SMILES string of the molecule is CCC(C(=N)N)c1ccccc1O. The Hall–Kier alpha value is -1.51. The number of rotatable bonds is 3. The highest BCUT2D eigenvalue weighted by atomic mass is 16.3. The van der Waals surface area contributed by atoms with Crippen LogP contribution in [-0.2, 0) is 0 Å². The van der Waals surface area contributed by atoms with E-state index in [0.29, 0.717) is 0 Å². The van der Waals surface area contributed by atoms with Crippen molar-refractivity contribution < 1.29 is 5.11 Å². The lowest BCUT2D eigenvalue weighted by Gasteiger charge is -2.14. The molecule has 0 aromatic heterocycles. The van der Waals surface area contributed by atoms with Crippen molar-refractivity contribution in [1.29, 1.82) is 5.41 Å². The van der Waals surface area contributed by atoms with E-state index >= 15 is 0 Å². The van der Waals surface area contributed by atoms with Crippen molar-refractivity contribution in [2.45, 2.75) is 19.3 Å². The van der Waals surface area contributed by atoms with Crippen LogP contribution in [0.1, 0.15) is 24.8 Å². The highest BCUT2D eigenvalue weighted by molar-refractivity contribution is 5.85. The maximum absolute atomic E-state index is 9.51. The molecule has 0 fully saturated rings. The van der Waals surface area contributed by atoms with Gasteiger partial charge >= 0.3 is 0 Å². The van der Waals surface area contributed by atoms with Crippen molar-refractivity contribution in [3.63, 3.8) is 0 Å². The van der Waals surface area contributed by atoms with Crippen molar-refractivity contribution in [2.24, 2.45) is 5.73 Å². The molecule has 1 aromatic rings. The summed E-state index contributed by atoms with van der Waals surface area (Å²) in [5, 5.41) is 16.9. The third-order valence-corrected chi connectivity index (χ3v) is 2.10. The molecule has 3 nitrogen and oxygen atoms in total. The van der Waals surface area contributed by atoms with Crippen molar-refractivity contribution in [2.75, 3.05) is 0 Å². The number of hydrogen-bond acceptors (Lipinski definition) is 2. The minimum absolute atomic E-state index is 0.101. The molecule has 13 heavy (non-hydrogen) atoms. The normalized spacial score (nSPS) is 12.4. The van der Waals surface area contributed by atoms with E-state index in [1.807, 2.05) is 13.0 Å². The Kier molecular flexibility index (Phi) is 2.90. The minimum Gasteiger partial charge on any atom is -0.508 e. The Bertz CT molecular complexity index is 310. The summed E-state index contributed by atoms with van der Waals surface area (Å²) in [4.78, 5) is 0. The van der Waals surface area contributed by atoms with Gasteiger partial charge in [-0.15, -0.1) is 0 Å². The number of amidine groups is 1. The predicted molar refractivity (Wildman–Crippen MR) is 53.1 cm³/mol. The van der Waals surface area contributed by atoms with E-state index in [-0.39, 0.29) is 17.5 Å². The molecule has 4 N–H and O–H groups in total. The van der Waals surface area contributed by atoms with Gasteiger partial charge in [0.15, 0.2) is 0 Å². The smallest absolute Gasteiger partial charge is 0.119 e. The number of phenols is 1. The summed E-state index contributed by atoms with van der Waals surface area (Å²) in [6.45, 7) is 1.94. The van der Waals surface area contributed by atoms with Crippen LogP contribution in [0.2, 0.25) is 0 Å². The van der Waals surface area contributed by atoms with Gasteiger partial charge in [-0.2, -0.15) is 0 Å². The van der Waals surface area contributed by atoms with Gasteiger partial charge in [-0.05, 0) is 12.5 Å². The van der Waals surface area contributed by atoms with Gasteiger partial charge in [0.2, 0.25) is 0 Å². The van der Waals surface area contributed by atoms with E-state index in [2.05, 4.69) is 0 Å². The van der Waals surface area contributed by atoms with Crippen LogP contribution in [0.3, 0.4) is 0 Å². The molecule has 0 radical (unpaired) electrons. The van der Waals surface area contributed by atoms with Crippen LogP contribution in [0.4, 0.5) is 0 Å². The van der Waals surface area contributed by atoms with E-state index in [4.69, 9.17) is 11.1 Å². The summed E-state index contributed by atoms with van der Waals surface area (Å²) in [5.41, 5.74) is 6.15. The first-order chi connectivity index (χ1) is 6.16. The van der Waals surface area contributed by atoms with Crippen LogP contribution in [-0.4, -0.2) is 10.9 Å². The van der Waals surface area contributed by atoms with Gasteiger partial charge in [0.25, 0.3) is 0 Å². The van der Waals surface area contributed by atoms with Crippen LogP contribution in [0.25, 0.3) is 0 Å². The third kappa shape index (κ3) is 1.99. The molecule has 0 spiro atoms.